The maximum atomic E-state index is 12.1. The molecule has 0 saturated carbocycles. The van der Waals surface area contributed by atoms with Gasteiger partial charge in [-0.15, -0.1) is 11.3 Å². The van der Waals surface area contributed by atoms with E-state index in [1.165, 1.54) is 11.3 Å². The molecule has 0 spiro atoms. The molecule has 0 radical (unpaired) electrons. The summed E-state index contributed by atoms with van der Waals surface area (Å²) in [6.07, 6.45) is -0.596. The van der Waals surface area contributed by atoms with Crippen molar-refractivity contribution in [1.29, 1.82) is 0 Å². The van der Waals surface area contributed by atoms with Crippen LogP contribution in [0.15, 0.2) is 57.7 Å². The third-order valence-corrected chi connectivity index (χ3v) is 5.65. The van der Waals surface area contributed by atoms with E-state index in [9.17, 15) is 9.90 Å². The van der Waals surface area contributed by atoms with E-state index in [2.05, 4.69) is 21.2 Å². The second kappa shape index (κ2) is 7.40. The fourth-order valence-electron chi connectivity index (χ4n) is 2.13. The van der Waals surface area contributed by atoms with Crippen molar-refractivity contribution in [3.05, 3.63) is 78.6 Å². The number of aliphatic hydroxyl groups excluding tert-OH is 1. The maximum Gasteiger partial charge on any atom is 0.251 e. The summed E-state index contributed by atoms with van der Waals surface area (Å²) in [5, 5.41) is 17.1. The van der Waals surface area contributed by atoms with Crippen LogP contribution in [0.25, 0.3) is 0 Å². The zero-order valence-electron chi connectivity index (χ0n) is 12.0. The Hall–Kier alpha value is -1.47. The Balaban J connectivity index is 1.62. The van der Waals surface area contributed by atoms with Crippen molar-refractivity contribution in [3.63, 3.8) is 0 Å². The molecule has 1 atom stereocenters. The highest BCUT2D eigenvalue weighted by Crippen LogP contribution is 2.29. The molecule has 3 rings (SSSR count). The number of hydrogen-bond donors (Lipinski definition) is 2. The van der Waals surface area contributed by atoms with Crippen molar-refractivity contribution in [3.8, 4) is 0 Å². The Morgan fingerprint density at radius 3 is 2.87 bits per heavy atom. The molecule has 3 nitrogen and oxygen atoms in total. The van der Waals surface area contributed by atoms with Crippen LogP contribution in [-0.4, -0.2) is 11.0 Å². The zero-order chi connectivity index (χ0) is 16.2. The smallest absolute Gasteiger partial charge is 0.251 e. The topological polar surface area (TPSA) is 49.3 Å². The van der Waals surface area contributed by atoms with Crippen LogP contribution in [-0.2, 0) is 6.54 Å². The first-order chi connectivity index (χ1) is 11.1. The summed E-state index contributed by atoms with van der Waals surface area (Å²) in [7, 11) is 0. The van der Waals surface area contributed by atoms with Gasteiger partial charge in [-0.2, -0.15) is 11.3 Å². The third kappa shape index (κ3) is 4.09. The predicted octanol–water partition coefficient (Wildman–Crippen LogP) is 4.58. The van der Waals surface area contributed by atoms with Gasteiger partial charge in [-0.1, -0.05) is 22.0 Å². The molecule has 0 aliphatic heterocycles. The Labute approximate surface area is 150 Å². The molecular weight excluding hydrogens is 394 g/mol. The van der Waals surface area contributed by atoms with Crippen LogP contribution < -0.4 is 5.32 Å². The number of halogens is 1. The van der Waals surface area contributed by atoms with Crippen molar-refractivity contribution < 1.29 is 9.90 Å². The number of aliphatic hydroxyl groups is 1. The van der Waals surface area contributed by atoms with Gasteiger partial charge in [-0.3, -0.25) is 4.79 Å². The fraction of sp³-hybridized carbons (Fsp3) is 0.118. The Morgan fingerprint density at radius 1 is 1.26 bits per heavy atom. The lowest BCUT2D eigenvalue weighted by Crippen LogP contribution is -2.22. The van der Waals surface area contributed by atoms with Gasteiger partial charge in [0, 0.05) is 19.8 Å². The Morgan fingerprint density at radius 2 is 2.13 bits per heavy atom. The number of amides is 1. The number of nitrogens with one attached hydrogen (secondary N) is 1. The molecule has 0 aliphatic rings. The molecule has 1 aromatic carbocycles. The van der Waals surface area contributed by atoms with E-state index in [4.69, 9.17) is 0 Å². The van der Waals surface area contributed by atoms with Crippen molar-refractivity contribution >= 4 is 44.5 Å². The third-order valence-electron chi connectivity index (χ3n) is 3.32. The molecule has 2 aromatic heterocycles. The van der Waals surface area contributed by atoms with E-state index in [0.29, 0.717) is 12.1 Å². The van der Waals surface area contributed by atoms with Crippen LogP contribution in [0.3, 0.4) is 0 Å². The quantitative estimate of drug-likeness (QED) is 0.649. The van der Waals surface area contributed by atoms with Crippen LogP contribution in [0.2, 0.25) is 0 Å². The molecule has 1 amide bonds. The number of thiophene rings is 2. The van der Waals surface area contributed by atoms with Gasteiger partial charge in [-0.05, 0) is 52.7 Å². The van der Waals surface area contributed by atoms with E-state index in [0.717, 1.165) is 19.8 Å². The van der Waals surface area contributed by atoms with E-state index in [1.807, 2.05) is 41.1 Å². The van der Waals surface area contributed by atoms with Crippen LogP contribution in [0.4, 0.5) is 0 Å². The van der Waals surface area contributed by atoms with Gasteiger partial charge in [0.2, 0.25) is 0 Å². The van der Waals surface area contributed by atoms with Gasteiger partial charge in [0.1, 0.15) is 6.10 Å². The molecule has 0 saturated heterocycles. The summed E-state index contributed by atoms with van der Waals surface area (Å²) in [6, 6.07) is 13.1. The van der Waals surface area contributed by atoms with E-state index < -0.39 is 6.10 Å². The van der Waals surface area contributed by atoms with E-state index in [1.54, 1.807) is 23.5 Å². The largest absolute Gasteiger partial charge is 0.383 e. The minimum atomic E-state index is -0.596. The molecule has 0 bridgehead atoms. The molecule has 2 heterocycles. The van der Waals surface area contributed by atoms with Crippen molar-refractivity contribution in [2.75, 3.05) is 0 Å². The summed E-state index contributed by atoms with van der Waals surface area (Å²) in [5.74, 6) is -0.111. The van der Waals surface area contributed by atoms with E-state index in [-0.39, 0.29) is 5.91 Å². The fourth-order valence-corrected chi connectivity index (χ4v) is 4.18. The first-order valence-corrected chi connectivity index (χ1v) is 9.51. The number of rotatable bonds is 5. The highest BCUT2D eigenvalue weighted by atomic mass is 79.9. The lowest BCUT2D eigenvalue weighted by molar-refractivity contribution is 0.0951. The monoisotopic (exact) mass is 407 g/mol. The Bertz CT molecular complexity index is 799. The van der Waals surface area contributed by atoms with Crippen molar-refractivity contribution in [2.45, 2.75) is 12.6 Å². The summed E-state index contributed by atoms with van der Waals surface area (Å²) in [6.45, 7) is 0.451. The molecule has 0 fully saturated rings. The van der Waals surface area contributed by atoms with Crippen LogP contribution in [0, 0.1) is 0 Å². The number of benzene rings is 1. The zero-order valence-corrected chi connectivity index (χ0v) is 15.2. The molecule has 3 aromatic rings. The molecular formula is C17H14BrNO2S2. The van der Waals surface area contributed by atoms with Gasteiger partial charge in [-0.25, -0.2) is 0 Å². The highest BCUT2D eigenvalue weighted by molar-refractivity contribution is 9.10. The lowest BCUT2D eigenvalue weighted by Gasteiger charge is -2.06. The lowest BCUT2D eigenvalue weighted by atomic mass is 10.2. The van der Waals surface area contributed by atoms with Crippen molar-refractivity contribution in [2.24, 2.45) is 0 Å². The average Bonchev–Trinajstić information content (AvgIpc) is 3.23. The van der Waals surface area contributed by atoms with Gasteiger partial charge in [0.15, 0.2) is 0 Å². The first kappa shape index (κ1) is 16.4. The summed E-state index contributed by atoms with van der Waals surface area (Å²) >= 11 is 6.44. The molecule has 6 heteroatoms. The van der Waals surface area contributed by atoms with Gasteiger partial charge < -0.3 is 10.4 Å². The van der Waals surface area contributed by atoms with Crippen LogP contribution >= 0.6 is 38.6 Å². The number of hydrogen-bond acceptors (Lipinski definition) is 4. The second-order valence-electron chi connectivity index (χ2n) is 4.96. The standard InChI is InChI=1S/C17H14BrNO2S2/c18-13-3-1-2-11(8-13)17(21)19-9-14-4-5-15(23-14)16(20)12-6-7-22-10-12/h1-8,10,16,20H,9H2,(H,19,21). The summed E-state index contributed by atoms with van der Waals surface area (Å²) < 4.78 is 0.877. The SMILES string of the molecule is O=C(NCc1ccc(C(O)c2ccsc2)s1)c1cccc(Br)c1. The molecule has 118 valence electrons. The summed E-state index contributed by atoms with van der Waals surface area (Å²) in [5.41, 5.74) is 1.52. The highest BCUT2D eigenvalue weighted by Gasteiger charge is 2.14. The normalized spacial score (nSPS) is 12.1. The van der Waals surface area contributed by atoms with Crippen LogP contribution in [0.5, 0.6) is 0 Å². The number of carbonyl (C=O) groups excluding carboxylic acids is 1. The average molecular weight is 408 g/mol. The van der Waals surface area contributed by atoms with Gasteiger partial charge in [0.25, 0.3) is 5.91 Å². The molecule has 23 heavy (non-hydrogen) atoms. The van der Waals surface area contributed by atoms with Crippen molar-refractivity contribution in [1.82, 2.24) is 5.32 Å². The molecule has 1 unspecified atom stereocenters. The van der Waals surface area contributed by atoms with Gasteiger partial charge in [0.05, 0.1) is 6.54 Å². The molecule has 2 N–H and O–H groups in total. The second-order valence-corrected chi connectivity index (χ2v) is 7.85. The molecule has 0 aliphatic carbocycles. The van der Waals surface area contributed by atoms with Crippen LogP contribution in [0.1, 0.15) is 31.8 Å². The summed E-state index contributed by atoms with van der Waals surface area (Å²) in [4.78, 5) is 14.0. The van der Waals surface area contributed by atoms with E-state index >= 15 is 0 Å². The van der Waals surface area contributed by atoms with Gasteiger partial charge >= 0.3 is 0 Å². The predicted molar refractivity (Wildman–Crippen MR) is 98.0 cm³/mol. The number of carbonyl (C=O) groups is 1. The maximum absolute atomic E-state index is 12.1. The minimum absolute atomic E-state index is 0.111. The minimum Gasteiger partial charge on any atom is -0.383 e. The Kier molecular flexibility index (Phi) is 5.27. The first-order valence-electron chi connectivity index (χ1n) is 6.96.